The van der Waals surface area contributed by atoms with E-state index in [0.717, 1.165) is 30.0 Å². The van der Waals surface area contributed by atoms with E-state index in [0.29, 0.717) is 10.8 Å². The Balaban J connectivity index is 2.99. The van der Waals surface area contributed by atoms with Gasteiger partial charge < -0.3 is 5.32 Å². The third kappa shape index (κ3) is 4.04. The van der Waals surface area contributed by atoms with Crippen LogP contribution in [-0.4, -0.2) is 31.9 Å². The summed E-state index contributed by atoms with van der Waals surface area (Å²) in [6.07, 6.45) is 1.08. The molecule has 0 aliphatic rings. The summed E-state index contributed by atoms with van der Waals surface area (Å²) in [5.41, 5.74) is 1.05. The first-order valence-corrected chi connectivity index (χ1v) is 9.42. The van der Waals surface area contributed by atoms with Gasteiger partial charge in [-0.15, -0.1) is 11.3 Å². The van der Waals surface area contributed by atoms with Gasteiger partial charge in [0.15, 0.2) is 0 Å². The molecule has 20 heavy (non-hydrogen) atoms. The molecule has 0 aromatic carbocycles. The largest absolute Gasteiger partial charge is 0.312 e. The smallest absolute Gasteiger partial charge is 0.252 e. The Hall–Kier alpha value is -0.430. The molecular formula is C14H26N2O2S2. The molecule has 0 saturated heterocycles. The molecule has 0 saturated carbocycles. The average Bonchev–Trinajstić information content (AvgIpc) is 2.72. The van der Waals surface area contributed by atoms with Crippen molar-refractivity contribution in [3.63, 3.8) is 0 Å². The molecule has 1 N–H and O–H groups in total. The van der Waals surface area contributed by atoms with Crippen LogP contribution in [0.2, 0.25) is 0 Å². The van der Waals surface area contributed by atoms with Crippen LogP contribution in [0.4, 0.5) is 0 Å². The maximum absolute atomic E-state index is 12.6. The van der Waals surface area contributed by atoms with Crippen molar-refractivity contribution in [2.24, 2.45) is 0 Å². The Morgan fingerprint density at radius 2 is 2.00 bits per heavy atom. The zero-order valence-corrected chi connectivity index (χ0v) is 14.7. The molecule has 0 radical (unpaired) electrons. The molecule has 0 atom stereocenters. The lowest BCUT2D eigenvalue weighted by Gasteiger charge is -2.23. The van der Waals surface area contributed by atoms with Gasteiger partial charge in [0.05, 0.1) is 0 Å². The monoisotopic (exact) mass is 318 g/mol. The minimum absolute atomic E-state index is 0.0194. The van der Waals surface area contributed by atoms with Crippen LogP contribution in [-0.2, 0) is 16.6 Å². The standard InChI is InChI=1S/C14H26N2O2S2/c1-6-8-15-10-13-12(5)9-14(19-13)20(17,18)16(7-2)11(3)4/h9,11,15H,6-8,10H2,1-5H3. The lowest BCUT2D eigenvalue weighted by molar-refractivity contribution is 0.370. The molecule has 1 heterocycles. The molecule has 6 heteroatoms. The summed E-state index contributed by atoms with van der Waals surface area (Å²) in [7, 11) is -3.36. The molecule has 4 nitrogen and oxygen atoms in total. The van der Waals surface area contributed by atoms with E-state index in [9.17, 15) is 8.42 Å². The summed E-state index contributed by atoms with van der Waals surface area (Å²) in [5.74, 6) is 0. The van der Waals surface area contributed by atoms with Gasteiger partial charge in [-0.1, -0.05) is 13.8 Å². The number of nitrogens with zero attached hydrogens (tertiary/aromatic N) is 1. The molecule has 0 bridgehead atoms. The van der Waals surface area contributed by atoms with E-state index < -0.39 is 10.0 Å². The molecule has 116 valence electrons. The van der Waals surface area contributed by atoms with E-state index in [2.05, 4.69) is 12.2 Å². The van der Waals surface area contributed by atoms with Crippen molar-refractivity contribution in [1.82, 2.24) is 9.62 Å². The van der Waals surface area contributed by atoms with E-state index in [-0.39, 0.29) is 6.04 Å². The third-order valence-corrected chi connectivity index (χ3v) is 7.00. The number of hydrogen-bond acceptors (Lipinski definition) is 4. The van der Waals surface area contributed by atoms with Crippen molar-refractivity contribution in [2.75, 3.05) is 13.1 Å². The van der Waals surface area contributed by atoms with Crippen LogP contribution in [0.15, 0.2) is 10.3 Å². The molecule has 1 aromatic rings. The molecule has 0 spiro atoms. The topological polar surface area (TPSA) is 49.4 Å². The molecule has 0 unspecified atom stereocenters. The quantitative estimate of drug-likeness (QED) is 0.750. The van der Waals surface area contributed by atoms with E-state index in [1.807, 2.05) is 27.7 Å². The highest BCUT2D eigenvalue weighted by molar-refractivity contribution is 7.91. The highest BCUT2D eigenvalue weighted by atomic mass is 32.2. The van der Waals surface area contributed by atoms with E-state index in [1.165, 1.54) is 11.3 Å². The van der Waals surface area contributed by atoms with Gasteiger partial charge in [-0.25, -0.2) is 8.42 Å². The lowest BCUT2D eigenvalue weighted by atomic mass is 10.3. The van der Waals surface area contributed by atoms with Crippen LogP contribution in [0, 0.1) is 6.92 Å². The molecule has 1 aromatic heterocycles. The van der Waals surface area contributed by atoms with Gasteiger partial charge >= 0.3 is 0 Å². The molecule has 0 aliphatic heterocycles. The van der Waals surface area contributed by atoms with Crippen LogP contribution in [0.1, 0.15) is 44.6 Å². The predicted octanol–water partition coefficient (Wildman–Crippen LogP) is 2.98. The third-order valence-electron chi connectivity index (χ3n) is 3.16. The second kappa shape index (κ2) is 7.54. The maximum atomic E-state index is 12.6. The summed E-state index contributed by atoms with van der Waals surface area (Å²) in [6, 6.07) is 1.78. The number of thiophene rings is 1. The fourth-order valence-corrected chi connectivity index (χ4v) is 5.43. The van der Waals surface area contributed by atoms with Crippen LogP contribution in [0.5, 0.6) is 0 Å². The van der Waals surface area contributed by atoms with Gasteiger partial charge in [0, 0.05) is 24.0 Å². The lowest BCUT2D eigenvalue weighted by Crippen LogP contribution is -2.36. The first kappa shape index (κ1) is 17.6. The molecule has 0 fully saturated rings. The predicted molar refractivity (Wildman–Crippen MR) is 85.8 cm³/mol. The number of nitrogens with one attached hydrogen (secondary N) is 1. The highest BCUT2D eigenvalue weighted by Gasteiger charge is 2.27. The fourth-order valence-electron chi connectivity index (χ4n) is 2.10. The van der Waals surface area contributed by atoms with Crippen molar-refractivity contribution < 1.29 is 8.42 Å². The van der Waals surface area contributed by atoms with E-state index in [4.69, 9.17) is 0 Å². The number of hydrogen-bond donors (Lipinski definition) is 1. The summed E-state index contributed by atoms with van der Waals surface area (Å²) < 4.78 is 27.2. The Morgan fingerprint density at radius 3 is 2.50 bits per heavy atom. The van der Waals surface area contributed by atoms with Gasteiger partial charge in [-0.2, -0.15) is 4.31 Å². The molecule has 1 rings (SSSR count). The SMILES string of the molecule is CCCNCc1sc(S(=O)(=O)N(CC)C(C)C)cc1C. The zero-order chi connectivity index (χ0) is 15.3. The average molecular weight is 319 g/mol. The number of rotatable bonds is 8. The Kier molecular flexibility index (Phi) is 6.64. The second-order valence-corrected chi connectivity index (χ2v) is 8.40. The van der Waals surface area contributed by atoms with Gasteiger partial charge in [0.2, 0.25) is 0 Å². The minimum Gasteiger partial charge on any atom is -0.312 e. The Bertz CT molecular complexity index is 521. The van der Waals surface area contributed by atoms with E-state index in [1.54, 1.807) is 10.4 Å². The Morgan fingerprint density at radius 1 is 1.35 bits per heavy atom. The van der Waals surface area contributed by atoms with Crippen LogP contribution in [0.25, 0.3) is 0 Å². The molecule has 0 amide bonds. The first-order valence-electron chi connectivity index (χ1n) is 7.16. The first-order chi connectivity index (χ1) is 9.34. The van der Waals surface area contributed by atoms with Gasteiger partial charge in [0.25, 0.3) is 10.0 Å². The summed E-state index contributed by atoms with van der Waals surface area (Å²) in [6.45, 7) is 12.0. The summed E-state index contributed by atoms with van der Waals surface area (Å²) >= 11 is 1.39. The van der Waals surface area contributed by atoms with Crippen molar-refractivity contribution in [1.29, 1.82) is 0 Å². The van der Waals surface area contributed by atoms with Crippen molar-refractivity contribution in [3.8, 4) is 0 Å². The van der Waals surface area contributed by atoms with Crippen LogP contribution >= 0.6 is 11.3 Å². The number of sulfonamides is 1. The minimum atomic E-state index is -3.36. The van der Waals surface area contributed by atoms with Crippen molar-refractivity contribution >= 4 is 21.4 Å². The zero-order valence-electron chi connectivity index (χ0n) is 13.1. The van der Waals surface area contributed by atoms with Gasteiger partial charge in [-0.05, 0) is 45.4 Å². The number of aryl methyl sites for hydroxylation is 1. The Labute approximate surface area is 127 Å². The van der Waals surface area contributed by atoms with Gasteiger partial charge in [-0.3, -0.25) is 0 Å². The van der Waals surface area contributed by atoms with Crippen molar-refractivity contribution in [2.45, 2.75) is 57.8 Å². The van der Waals surface area contributed by atoms with E-state index >= 15 is 0 Å². The van der Waals surface area contributed by atoms with Crippen molar-refractivity contribution in [3.05, 3.63) is 16.5 Å². The fraction of sp³-hybridized carbons (Fsp3) is 0.714. The molecule has 0 aliphatic carbocycles. The van der Waals surface area contributed by atoms with Crippen LogP contribution < -0.4 is 5.32 Å². The normalized spacial score (nSPS) is 12.6. The summed E-state index contributed by atoms with van der Waals surface area (Å²) in [5, 5.41) is 3.32. The highest BCUT2D eigenvalue weighted by Crippen LogP contribution is 2.29. The molecular weight excluding hydrogens is 292 g/mol. The summed E-state index contributed by atoms with van der Waals surface area (Å²) in [4.78, 5) is 1.11. The van der Waals surface area contributed by atoms with Crippen LogP contribution in [0.3, 0.4) is 0 Å². The maximum Gasteiger partial charge on any atom is 0.252 e. The second-order valence-electron chi connectivity index (χ2n) is 5.15. The van der Waals surface area contributed by atoms with Gasteiger partial charge in [0.1, 0.15) is 4.21 Å².